The molecule has 0 saturated heterocycles. The fourth-order valence-corrected chi connectivity index (χ4v) is 4.28. The number of nitrogens with zero attached hydrogens (tertiary/aromatic N) is 2. The number of carbonyl (C=O) groups is 4. The van der Waals surface area contributed by atoms with Gasteiger partial charge < -0.3 is 9.47 Å². The highest BCUT2D eigenvalue weighted by molar-refractivity contribution is 6.41. The first kappa shape index (κ1) is 27.9. The van der Waals surface area contributed by atoms with E-state index in [1.165, 1.54) is 9.35 Å². The Labute approximate surface area is 231 Å². The molecule has 0 aliphatic heterocycles. The molecule has 10 nitrogen and oxygen atoms in total. The fraction of sp³-hybridized carbons (Fsp3) is 0.200. The fourth-order valence-electron chi connectivity index (χ4n) is 4.28. The molecule has 0 unspecified atom stereocenters. The van der Waals surface area contributed by atoms with E-state index in [4.69, 9.17) is 9.47 Å². The van der Waals surface area contributed by atoms with Gasteiger partial charge in [-0.3, -0.25) is 29.8 Å². The zero-order valence-corrected chi connectivity index (χ0v) is 22.7. The predicted octanol–water partition coefficient (Wildman–Crippen LogP) is 4.43. The van der Waals surface area contributed by atoms with Crippen molar-refractivity contribution in [1.29, 1.82) is 0 Å². The average Bonchev–Trinajstić information content (AvgIpc) is 3.46. The highest BCUT2D eigenvalue weighted by Crippen LogP contribution is 2.27. The zero-order chi connectivity index (χ0) is 28.8. The lowest BCUT2D eigenvalue weighted by atomic mass is 10.1. The third-order valence-corrected chi connectivity index (χ3v) is 6.26. The first-order valence-electron chi connectivity index (χ1n) is 12.8. The van der Waals surface area contributed by atoms with Crippen LogP contribution >= 0.6 is 0 Å². The van der Waals surface area contributed by atoms with E-state index >= 15 is 0 Å². The minimum atomic E-state index is -0.990. The number of rotatable bonds is 8. The second-order valence-corrected chi connectivity index (χ2v) is 8.78. The van der Waals surface area contributed by atoms with Crippen molar-refractivity contribution in [3.8, 4) is 22.5 Å². The van der Waals surface area contributed by atoms with Crippen molar-refractivity contribution < 1.29 is 28.7 Å². The van der Waals surface area contributed by atoms with E-state index < -0.39 is 23.8 Å². The van der Waals surface area contributed by atoms with Crippen LogP contribution in [0.15, 0.2) is 72.8 Å². The van der Waals surface area contributed by atoms with Gasteiger partial charge in [0.2, 0.25) is 0 Å². The average molecular weight is 543 g/mol. The van der Waals surface area contributed by atoms with Crippen LogP contribution in [0.25, 0.3) is 22.5 Å². The van der Waals surface area contributed by atoms with Gasteiger partial charge in [0, 0.05) is 11.1 Å². The molecule has 2 aromatic heterocycles. The largest absolute Gasteiger partial charge is 0.462 e. The Morgan fingerprint density at radius 3 is 1.30 bits per heavy atom. The Kier molecular flexibility index (Phi) is 8.48. The third kappa shape index (κ3) is 5.65. The Hall–Kier alpha value is -5.12. The minimum absolute atomic E-state index is 0.187. The van der Waals surface area contributed by atoms with Gasteiger partial charge in [-0.25, -0.2) is 9.59 Å². The topological polar surface area (TPSA) is 121 Å². The molecule has 40 heavy (non-hydrogen) atoms. The quantitative estimate of drug-likeness (QED) is 0.251. The minimum Gasteiger partial charge on any atom is -0.462 e. The van der Waals surface area contributed by atoms with E-state index in [9.17, 15) is 19.2 Å². The summed E-state index contributed by atoms with van der Waals surface area (Å²) in [6.07, 6.45) is 0. The van der Waals surface area contributed by atoms with E-state index in [1.54, 1.807) is 39.8 Å². The summed E-state index contributed by atoms with van der Waals surface area (Å²) in [6.45, 7) is 7.07. The third-order valence-electron chi connectivity index (χ3n) is 6.26. The molecule has 0 spiro atoms. The van der Waals surface area contributed by atoms with Crippen LogP contribution in [0.4, 0.5) is 0 Å². The second kappa shape index (κ2) is 12.2. The maximum atomic E-state index is 13.2. The van der Waals surface area contributed by atoms with Crippen molar-refractivity contribution in [1.82, 2.24) is 9.35 Å². The van der Waals surface area contributed by atoms with Gasteiger partial charge in [0.05, 0.1) is 47.1 Å². The van der Waals surface area contributed by atoms with Crippen molar-refractivity contribution in [2.45, 2.75) is 27.7 Å². The number of aromatic nitrogens is 2. The summed E-state index contributed by atoms with van der Waals surface area (Å²) in [7, 11) is 0. The van der Waals surface area contributed by atoms with E-state index in [0.717, 1.165) is 0 Å². The number of amides is 2. The summed E-state index contributed by atoms with van der Waals surface area (Å²) in [5.41, 5.74) is 8.92. The van der Waals surface area contributed by atoms with Gasteiger partial charge in [0.15, 0.2) is 0 Å². The number of hydrogen-bond donors (Lipinski definition) is 2. The van der Waals surface area contributed by atoms with Gasteiger partial charge in [-0.2, -0.15) is 0 Å². The molecule has 0 radical (unpaired) electrons. The lowest BCUT2D eigenvalue weighted by Gasteiger charge is -2.16. The number of benzene rings is 2. The summed E-state index contributed by atoms with van der Waals surface area (Å²) in [4.78, 5) is 51.5. The first-order chi connectivity index (χ1) is 19.3. The number of carbonyl (C=O) groups excluding carboxylic acids is 4. The Balaban J connectivity index is 1.68. The smallest absolute Gasteiger partial charge is 0.340 e. The van der Waals surface area contributed by atoms with Crippen molar-refractivity contribution in [2.75, 3.05) is 24.1 Å². The molecule has 0 fully saturated rings. The molecule has 2 amide bonds. The molecule has 4 aromatic rings. The number of esters is 2. The summed E-state index contributed by atoms with van der Waals surface area (Å²) >= 11 is 0. The molecular weight excluding hydrogens is 512 g/mol. The summed E-state index contributed by atoms with van der Waals surface area (Å²) in [6, 6.07) is 21.5. The van der Waals surface area contributed by atoms with Crippen LogP contribution in [0.5, 0.6) is 0 Å². The lowest BCUT2D eigenvalue weighted by Crippen LogP contribution is -2.38. The van der Waals surface area contributed by atoms with E-state index in [2.05, 4.69) is 10.9 Å². The van der Waals surface area contributed by atoms with Gasteiger partial charge in [0.1, 0.15) is 0 Å². The molecular formula is C30H30N4O6. The monoisotopic (exact) mass is 542 g/mol. The summed E-state index contributed by atoms with van der Waals surface area (Å²) in [5, 5.41) is 0. The maximum Gasteiger partial charge on any atom is 0.340 e. The second-order valence-electron chi connectivity index (χ2n) is 8.78. The highest BCUT2D eigenvalue weighted by Gasteiger charge is 2.25. The molecule has 0 saturated carbocycles. The van der Waals surface area contributed by atoms with Crippen LogP contribution in [0.1, 0.15) is 46.0 Å². The van der Waals surface area contributed by atoms with Crippen molar-refractivity contribution in [3.63, 3.8) is 0 Å². The Morgan fingerprint density at radius 2 is 0.975 bits per heavy atom. The van der Waals surface area contributed by atoms with Gasteiger partial charge in [-0.05, 0) is 39.8 Å². The van der Waals surface area contributed by atoms with Gasteiger partial charge >= 0.3 is 23.8 Å². The van der Waals surface area contributed by atoms with Crippen LogP contribution in [-0.4, -0.2) is 46.3 Å². The molecule has 10 heteroatoms. The van der Waals surface area contributed by atoms with Crippen LogP contribution in [0, 0.1) is 13.8 Å². The molecule has 0 atom stereocenters. The molecule has 0 aliphatic carbocycles. The van der Waals surface area contributed by atoms with Crippen LogP contribution in [0.2, 0.25) is 0 Å². The van der Waals surface area contributed by atoms with Crippen molar-refractivity contribution in [3.05, 3.63) is 95.3 Å². The number of hydrogen-bond acceptors (Lipinski definition) is 6. The molecule has 2 N–H and O–H groups in total. The Morgan fingerprint density at radius 1 is 0.625 bits per heavy atom. The Bertz CT molecular complexity index is 1440. The van der Waals surface area contributed by atoms with Crippen molar-refractivity contribution in [2.24, 2.45) is 0 Å². The molecule has 2 heterocycles. The van der Waals surface area contributed by atoms with Crippen LogP contribution in [-0.2, 0) is 19.1 Å². The zero-order valence-electron chi connectivity index (χ0n) is 22.7. The summed E-state index contributed by atoms with van der Waals surface area (Å²) in [5.74, 6) is -3.07. The van der Waals surface area contributed by atoms with Gasteiger partial charge in [0.25, 0.3) is 0 Å². The normalized spacial score (nSPS) is 10.6. The summed E-state index contributed by atoms with van der Waals surface area (Å²) < 4.78 is 13.1. The molecule has 4 rings (SSSR count). The van der Waals surface area contributed by atoms with Gasteiger partial charge in [-0.1, -0.05) is 60.7 Å². The number of nitrogens with one attached hydrogen (secondary N) is 2. The molecule has 0 bridgehead atoms. The van der Waals surface area contributed by atoms with E-state index in [1.807, 2.05) is 60.7 Å². The van der Waals surface area contributed by atoms with Crippen LogP contribution in [0.3, 0.4) is 0 Å². The standard InChI is InChI=1S/C30H30N4O6/c1-5-39-29(37)23-17-25(21-13-9-7-10-14-21)33(19(23)3)31-27(35)28(36)32-34-20(4)24(30(38)40-6-2)18-26(34)22-15-11-8-12-16-22/h7-18H,5-6H2,1-4H3,(H,31,35)(H,32,36). The van der Waals surface area contributed by atoms with E-state index in [0.29, 0.717) is 33.9 Å². The SMILES string of the molecule is CCOC(=O)c1cc(-c2ccccc2)n(NC(=O)C(=O)Nn2c(-c3ccccc3)cc(C(=O)OCC)c2C)c1C. The lowest BCUT2D eigenvalue weighted by molar-refractivity contribution is -0.134. The van der Waals surface area contributed by atoms with E-state index in [-0.39, 0.29) is 24.3 Å². The van der Waals surface area contributed by atoms with Crippen LogP contribution < -0.4 is 10.9 Å². The maximum absolute atomic E-state index is 13.2. The van der Waals surface area contributed by atoms with Crippen molar-refractivity contribution >= 4 is 23.8 Å². The molecule has 206 valence electrons. The van der Waals surface area contributed by atoms with Gasteiger partial charge in [-0.15, -0.1) is 0 Å². The number of ether oxygens (including phenoxy) is 2. The highest BCUT2D eigenvalue weighted by atomic mass is 16.5. The molecule has 0 aliphatic rings. The predicted molar refractivity (Wildman–Crippen MR) is 150 cm³/mol. The first-order valence-corrected chi connectivity index (χ1v) is 12.8. The molecule has 2 aromatic carbocycles.